The van der Waals surface area contributed by atoms with E-state index in [-0.39, 0.29) is 19.0 Å². The zero-order valence-electron chi connectivity index (χ0n) is 9.40. The van der Waals surface area contributed by atoms with Crippen molar-refractivity contribution < 1.29 is 18.3 Å². The molecule has 0 N–H and O–H groups in total. The molecule has 0 aromatic heterocycles. The second-order valence-electron chi connectivity index (χ2n) is 3.97. The third-order valence-corrected chi connectivity index (χ3v) is 2.79. The first-order chi connectivity index (χ1) is 8.11. The number of hydrogen-bond acceptors (Lipinski definition) is 2. The van der Waals surface area contributed by atoms with Crippen molar-refractivity contribution in [1.29, 1.82) is 0 Å². The van der Waals surface area contributed by atoms with E-state index in [1.54, 1.807) is 24.3 Å². The van der Waals surface area contributed by atoms with Gasteiger partial charge in [0.15, 0.2) is 12.3 Å². The van der Waals surface area contributed by atoms with Gasteiger partial charge in [0.1, 0.15) is 5.75 Å². The van der Waals surface area contributed by atoms with Crippen molar-refractivity contribution in [1.82, 2.24) is 4.90 Å². The van der Waals surface area contributed by atoms with Crippen LogP contribution in [0.3, 0.4) is 0 Å². The van der Waals surface area contributed by atoms with Crippen LogP contribution >= 0.6 is 0 Å². The van der Waals surface area contributed by atoms with Crippen molar-refractivity contribution in [2.24, 2.45) is 0 Å². The van der Waals surface area contributed by atoms with Gasteiger partial charge in [-0.05, 0) is 18.2 Å². The molecule has 1 saturated heterocycles. The summed E-state index contributed by atoms with van der Waals surface area (Å²) in [4.78, 5) is 13.1. The lowest BCUT2D eigenvalue weighted by Crippen LogP contribution is -2.29. The Morgan fingerprint density at radius 1 is 1.35 bits per heavy atom. The Balaban J connectivity index is 2.14. The third-order valence-electron chi connectivity index (χ3n) is 2.79. The van der Waals surface area contributed by atoms with Gasteiger partial charge in [-0.3, -0.25) is 4.79 Å². The molecule has 1 aromatic carbocycles. The number of alkyl halides is 2. The summed E-state index contributed by atoms with van der Waals surface area (Å²) in [5.41, 5.74) is 0.380. The molecule has 2 rings (SSSR count). The van der Waals surface area contributed by atoms with Gasteiger partial charge in [-0.1, -0.05) is 6.07 Å². The first kappa shape index (κ1) is 11.8. The zero-order valence-corrected chi connectivity index (χ0v) is 9.40. The van der Waals surface area contributed by atoms with E-state index in [0.29, 0.717) is 11.3 Å². The van der Waals surface area contributed by atoms with Crippen molar-refractivity contribution in [3.8, 4) is 5.75 Å². The predicted molar refractivity (Wildman–Crippen MR) is 58.7 cm³/mol. The lowest BCUT2D eigenvalue weighted by molar-refractivity contribution is 0.0778. The molecule has 1 fully saturated rings. The monoisotopic (exact) mass is 241 g/mol. The first-order valence-corrected chi connectivity index (χ1v) is 5.33. The van der Waals surface area contributed by atoms with E-state index in [4.69, 9.17) is 4.74 Å². The summed E-state index contributed by atoms with van der Waals surface area (Å²) in [5, 5.41) is 0. The molecule has 0 spiro atoms. The van der Waals surface area contributed by atoms with Gasteiger partial charge in [0.25, 0.3) is 5.91 Å². The molecule has 17 heavy (non-hydrogen) atoms. The highest BCUT2D eigenvalue weighted by Crippen LogP contribution is 2.20. The van der Waals surface area contributed by atoms with Gasteiger partial charge in [0.05, 0.1) is 20.2 Å². The number of hydrogen-bond donors (Lipinski definition) is 0. The van der Waals surface area contributed by atoms with E-state index in [0.717, 1.165) is 0 Å². The predicted octanol–water partition coefficient (Wildman–Crippen LogP) is 1.83. The summed E-state index contributed by atoms with van der Waals surface area (Å²) in [5.74, 6) is 0.176. The van der Waals surface area contributed by atoms with Crippen LogP contribution in [0.1, 0.15) is 10.4 Å². The van der Waals surface area contributed by atoms with Gasteiger partial charge < -0.3 is 9.64 Å². The number of carbonyl (C=O) groups excluding carboxylic acids is 1. The molecular weight excluding hydrogens is 228 g/mol. The molecule has 1 amide bonds. The topological polar surface area (TPSA) is 29.5 Å². The van der Waals surface area contributed by atoms with Crippen molar-refractivity contribution >= 4 is 5.91 Å². The minimum Gasteiger partial charge on any atom is -0.497 e. The van der Waals surface area contributed by atoms with Gasteiger partial charge in [-0.25, -0.2) is 8.78 Å². The normalized spacial score (nSPS) is 23.8. The van der Waals surface area contributed by atoms with Crippen molar-refractivity contribution in [3.05, 3.63) is 29.8 Å². The highest BCUT2D eigenvalue weighted by Gasteiger charge is 2.35. The van der Waals surface area contributed by atoms with E-state index < -0.39 is 12.3 Å². The number of rotatable bonds is 2. The molecule has 0 radical (unpaired) electrons. The Morgan fingerprint density at radius 2 is 2.00 bits per heavy atom. The van der Waals surface area contributed by atoms with Gasteiger partial charge >= 0.3 is 0 Å². The third kappa shape index (κ3) is 2.38. The number of benzene rings is 1. The van der Waals surface area contributed by atoms with Gasteiger partial charge in [0.2, 0.25) is 0 Å². The average Bonchev–Trinajstić information content (AvgIpc) is 2.69. The minimum atomic E-state index is -1.58. The Kier molecular flexibility index (Phi) is 3.26. The molecule has 2 atom stereocenters. The van der Waals surface area contributed by atoms with Crippen LogP contribution in [0.5, 0.6) is 5.75 Å². The molecule has 92 valence electrons. The van der Waals surface area contributed by atoms with Gasteiger partial charge in [-0.2, -0.15) is 0 Å². The maximum Gasteiger partial charge on any atom is 0.254 e. The average molecular weight is 241 g/mol. The van der Waals surface area contributed by atoms with Crippen LogP contribution in [-0.4, -0.2) is 43.3 Å². The van der Waals surface area contributed by atoms with Crippen LogP contribution in [0.4, 0.5) is 8.78 Å². The summed E-state index contributed by atoms with van der Waals surface area (Å²) < 4.78 is 31.0. The van der Waals surface area contributed by atoms with Crippen molar-refractivity contribution in [2.45, 2.75) is 12.3 Å². The molecule has 3 nitrogen and oxygen atoms in total. The van der Waals surface area contributed by atoms with Crippen LogP contribution in [0.15, 0.2) is 24.3 Å². The highest BCUT2D eigenvalue weighted by atomic mass is 19.2. The van der Waals surface area contributed by atoms with Crippen LogP contribution < -0.4 is 4.74 Å². The van der Waals surface area contributed by atoms with Gasteiger partial charge in [0, 0.05) is 5.56 Å². The van der Waals surface area contributed by atoms with Crippen molar-refractivity contribution in [3.63, 3.8) is 0 Å². The molecular formula is C12H13F2NO2. The molecule has 1 aliphatic heterocycles. The fourth-order valence-electron chi connectivity index (χ4n) is 1.83. The smallest absolute Gasteiger partial charge is 0.254 e. The largest absolute Gasteiger partial charge is 0.497 e. The second kappa shape index (κ2) is 4.69. The number of amides is 1. The lowest BCUT2D eigenvalue weighted by atomic mass is 10.2. The summed E-state index contributed by atoms with van der Waals surface area (Å²) in [7, 11) is 1.49. The quantitative estimate of drug-likeness (QED) is 0.790. The second-order valence-corrected chi connectivity index (χ2v) is 3.97. The van der Waals surface area contributed by atoms with E-state index in [9.17, 15) is 13.6 Å². The molecule has 0 bridgehead atoms. The molecule has 0 saturated carbocycles. The number of methoxy groups -OCH3 is 1. The number of likely N-dealkylation sites (tertiary alicyclic amines) is 1. The summed E-state index contributed by atoms with van der Waals surface area (Å²) in [6.45, 7) is -0.367. The fourth-order valence-corrected chi connectivity index (χ4v) is 1.83. The van der Waals surface area contributed by atoms with E-state index >= 15 is 0 Å². The summed E-state index contributed by atoms with van der Waals surface area (Å²) in [6.07, 6.45) is -3.16. The molecule has 1 aliphatic rings. The van der Waals surface area contributed by atoms with E-state index in [1.165, 1.54) is 12.0 Å². The van der Waals surface area contributed by atoms with E-state index in [1.807, 2.05) is 0 Å². The lowest BCUT2D eigenvalue weighted by Gasteiger charge is -2.15. The molecule has 1 aromatic rings. The highest BCUT2D eigenvalue weighted by molar-refractivity contribution is 5.94. The van der Waals surface area contributed by atoms with Crippen LogP contribution in [-0.2, 0) is 0 Å². The minimum absolute atomic E-state index is 0.183. The van der Waals surface area contributed by atoms with Crippen LogP contribution in [0.25, 0.3) is 0 Å². The van der Waals surface area contributed by atoms with Crippen LogP contribution in [0.2, 0.25) is 0 Å². The van der Waals surface area contributed by atoms with E-state index in [2.05, 4.69) is 0 Å². The van der Waals surface area contributed by atoms with Gasteiger partial charge in [-0.15, -0.1) is 0 Å². The Hall–Kier alpha value is -1.65. The maximum atomic E-state index is 13.0. The Labute approximate surface area is 98.0 Å². The fraction of sp³-hybridized carbons (Fsp3) is 0.417. The number of carbonyl (C=O) groups is 1. The number of nitrogens with zero attached hydrogens (tertiary/aromatic N) is 1. The SMILES string of the molecule is COc1cccc(C(=O)N2C[C@@H](F)[C@@H](F)C2)c1. The number of halogens is 2. The maximum absolute atomic E-state index is 13.0. The Bertz CT molecular complexity index is 415. The summed E-state index contributed by atoms with van der Waals surface area (Å²) in [6, 6.07) is 6.53. The molecule has 1 heterocycles. The van der Waals surface area contributed by atoms with Crippen molar-refractivity contribution in [2.75, 3.05) is 20.2 Å². The standard InChI is InChI=1S/C12H13F2NO2/c1-17-9-4-2-3-8(5-9)12(16)15-6-10(13)11(14)7-15/h2-5,10-11H,6-7H2,1H3/t10-,11+. The number of ether oxygens (including phenoxy) is 1. The first-order valence-electron chi connectivity index (χ1n) is 5.33. The molecule has 5 heteroatoms. The molecule has 0 aliphatic carbocycles. The molecule has 0 unspecified atom stereocenters. The zero-order chi connectivity index (χ0) is 12.4. The Morgan fingerprint density at radius 3 is 2.59 bits per heavy atom. The summed E-state index contributed by atoms with van der Waals surface area (Å²) >= 11 is 0. The van der Waals surface area contributed by atoms with Crippen LogP contribution in [0, 0.1) is 0 Å².